The van der Waals surface area contributed by atoms with E-state index in [4.69, 9.17) is 5.11 Å². The minimum absolute atomic E-state index is 0.00235. The van der Waals surface area contributed by atoms with Crippen molar-refractivity contribution in [2.24, 2.45) is 7.05 Å². The van der Waals surface area contributed by atoms with Gasteiger partial charge in [0.05, 0.1) is 10.6 Å². The Morgan fingerprint density at radius 1 is 1.48 bits per heavy atom. The van der Waals surface area contributed by atoms with Crippen molar-refractivity contribution in [1.82, 2.24) is 19.6 Å². The predicted molar refractivity (Wildman–Crippen MR) is 72.7 cm³/mol. The van der Waals surface area contributed by atoms with E-state index in [1.54, 1.807) is 7.05 Å². The number of rotatable bonds is 5. The van der Waals surface area contributed by atoms with Crippen LogP contribution in [0, 0.1) is 17.0 Å². The first kappa shape index (κ1) is 14.7. The number of aromatic carboxylic acids is 1. The second-order valence-corrected chi connectivity index (χ2v) is 4.63. The fourth-order valence-electron chi connectivity index (χ4n) is 2.19. The van der Waals surface area contributed by atoms with Crippen LogP contribution in [0.4, 0.5) is 5.69 Å². The molecule has 0 aliphatic heterocycles. The first-order chi connectivity index (χ1) is 9.86. The highest BCUT2D eigenvalue weighted by Crippen LogP contribution is 2.28. The van der Waals surface area contributed by atoms with E-state index in [1.807, 2.05) is 6.92 Å². The molecular weight excluding hydrogens is 278 g/mol. The van der Waals surface area contributed by atoms with Crippen molar-refractivity contribution >= 4 is 11.7 Å². The van der Waals surface area contributed by atoms with Gasteiger partial charge in [0.15, 0.2) is 0 Å². The van der Waals surface area contributed by atoms with Gasteiger partial charge in [0, 0.05) is 13.2 Å². The van der Waals surface area contributed by atoms with Crippen LogP contribution in [-0.2, 0) is 13.5 Å². The highest BCUT2D eigenvalue weighted by atomic mass is 16.6. The zero-order valence-corrected chi connectivity index (χ0v) is 11.9. The van der Waals surface area contributed by atoms with E-state index >= 15 is 0 Å². The number of aromatic nitrogens is 4. The molecule has 0 unspecified atom stereocenters. The Balaban J connectivity index is 2.65. The molecule has 2 rings (SSSR count). The molecule has 9 nitrogen and oxygen atoms in total. The minimum atomic E-state index is -1.13. The molecule has 0 bridgehead atoms. The summed E-state index contributed by atoms with van der Waals surface area (Å²) in [6.45, 7) is 3.44. The zero-order valence-electron chi connectivity index (χ0n) is 11.9. The van der Waals surface area contributed by atoms with Gasteiger partial charge in [-0.2, -0.15) is 10.2 Å². The lowest BCUT2D eigenvalue weighted by molar-refractivity contribution is -0.385. The largest absolute Gasteiger partial charge is 0.478 e. The molecule has 0 aliphatic rings. The summed E-state index contributed by atoms with van der Waals surface area (Å²) in [6.07, 6.45) is 2.45. The van der Waals surface area contributed by atoms with E-state index in [2.05, 4.69) is 10.2 Å². The molecule has 0 amide bonds. The molecule has 21 heavy (non-hydrogen) atoms. The third-order valence-corrected chi connectivity index (χ3v) is 3.08. The third kappa shape index (κ3) is 2.49. The molecule has 0 aliphatic carbocycles. The smallest absolute Gasteiger partial charge is 0.339 e. The van der Waals surface area contributed by atoms with E-state index in [1.165, 1.54) is 22.5 Å². The molecule has 2 heterocycles. The Labute approximate surface area is 120 Å². The number of nitrogens with zero attached hydrogens (tertiary/aromatic N) is 5. The lowest BCUT2D eigenvalue weighted by Gasteiger charge is -2.00. The first-order valence-corrected chi connectivity index (χ1v) is 6.37. The topological polar surface area (TPSA) is 116 Å². The SMILES string of the molecule is CCCc1nn(C)c(-n2cc(C(=O)O)c(C)n2)c1[N+](=O)[O-]. The van der Waals surface area contributed by atoms with Gasteiger partial charge >= 0.3 is 11.7 Å². The molecule has 0 radical (unpaired) electrons. The third-order valence-electron chi connectivity index (χ3n) is 3.08. The number of carbonyl (C=O) groups is 1. The Morgan fingerprint density at radius 2 is 2.14 bits per heavy atom. The Kier molecular flexibility index (Phi) is 3.74. The Morgan fingerprint density at radius 3 is 2.62 bits per heavy atom. The van der Waals surface area contributed by atoms with Crippen LogP contribution >= 0.6 is 0 Å². The van der Waals surface area contributed by atoms with E-state index in [0.717, 1.165) is 6.42 Å². The standard InChI is InChI=1S/C12H15N5O4/c1-4-5-9-10(17(20)21)11(15(3)14-9)16-6-8(12(18)19)7(2)13-16/h6H,4-5H2,1-3H3,(H,18,19). The monoisotopic (exact) mass is 293 g/mol. The van der Waals surface area contributed by atoms with Gasteiger partial charge in [-0.3, -0.25) is 10.1 Å². The molecule has 0 aromatic carbocycles. The highest BCUT2D eigenvalue weighted by molar-refractivity contribution is 5.88. The second kappa shape index (κ2) is 5.35. The summed E-state index contributed by atoms with van der Waals surface area (Å²) in [5.41, 5.74) is 0.515. The summed E-state index contributed by atoms with van der Waals surface area (Å²) in [7, 11) is 1.57. The maximum Gasteiger partial charge on any atom is 0.339 e. The van der Waals surface area contributed by atoms with Crippen LogP contribution in [0.3, 0.4) is 0 Å². The van der Waals surface area contributed by atoms with Gasteiger partial charge in [-0.15, -0.1) is 0 Å². The fourth-order valence-corrected chi connectivity index (χ4v) is 2.19. The zero-order chi connectivity index (χ0) is 15.7. The Hall–Kier alpha value is -2.71. The molecule has 2 aromatic rings. The molecule has 0 spiro atoms. The quantitative estimate of drug-likeness (QED) is 0.659. The van der Waals surface area contributed by atoms with Gasteiger partial charge in [-0.1, -0.05) is 13.3 Å². The minimum Gasteiger partial charge on any atom is -0.478 e. The molecule has 112 valence electrons. The van der Waals surface area contributed by atoms with Crippen LogP contribution in [-0.4, -0.2) is 35.6 Å². The van der Waals surface area contributed by atoms with Gasteiger partial charge in [0.2, 0.25) is 5.82 Å². The summed E-state index contributed by atoms with van der Waals surface area (Å²) in [6, 6.07) is 0. The van der Waals surface area contributed by atoms with Crippen molar-refractivity contribution in [1.29, 1.82) is 0 Å². The van der Waals surface area contributed by atoms with Crippen molar-refractivity contribution in [2.75, 3.05) is 0 Å². The molecule has 2 aromatic heterocycles. The van der Waals surface area contributed by atoms with Crippen LogP contribution in [0.25, 0.3) is 5.82 Å². The van der Waals surface area contributed by atoms with Crippen molar-refractivity contribution in [3.8, 4) is 5.82 Å². The summed E-state index contributed by atoms with van der Waals surface area (Å²) in [5.74, 6) is -0.976. The first-order valence-electron chi connectivity index (χ1n) is 6.37. The van der Waals surface area contributed by atoms with E-state index in [0.29, 0.717) is 12.1 Å². The highest BCUT2D eigenvalue weighted by Gasteiger charge is 2.29. The van der Waals surface area contributed by atoms with Gasteiger partial charge in [-0.25, -0.2) is 14.2 Å². The van der Waals surface area contributed by atoms with Gasteiger partial charge < -0.3 is 5.11 Å². The number of hydrogen-bond acceptors (Lipinski definition) is 5. The van der Waals surface area contributed by atoms with E-state index in [-0.39, 0.29) is 22.8 Å². The number of hydrogen-bond donors (Lipinski definition) is 1. The molecule has 9 heteroatoms. The average Bonchev–Trinajstić information content (AvgIpc) is 2.90. The molecule has 0 fully saturated rings. The summed E-state index contributed by atoms with van der Waals surface area (Å²) in [4.78, 5) is 21.9. The van der Waals surface area contributed by atoms with Gasteiger partial charge in [0.1, 0.15) is 11.3 Å². The molecule has 1 N–H and O–H groups in total. The Bertz CT molecular complexity index is 716. The maximum atomic E-state index is 11.3. The molecule has 0 saturated carbocycles. The normalized spacial score (nSPS) is 10.8. The molecule has 0 atom stereocenters. The van der Waals surface area contributed by atoms with Crippen LogP contribution in [0.5, 0.6) is 0 Å². The number of nitro groups is 1. The van der Waals surface area contributed by atoms with Gasteiger partial charge in [0.25, 0.3) is 0 Å². The lowest BCUT2D eigenvalue weighted by Crippen LogP contribution is -2.06. The van der Waals surface area contributed by atoms with Crippen LogP contribution in [0.15, 0.2) is 6.20 Å². The van der Waals surface area contributed by atoms with Crippen molar-refractivity contribution in [3.05, 3.63) is 33.3 Å². The van der Waals surface area contributed by atoms with Crippen molar-refractivity contribution in [3.63, 3.8) is 0 Å². The number of aryl methyl sites for hydroxylation is 3. The predicted octanol–water partition coefficient (Wildman–Crippen LogP) is 1.47. The van der Waals surface area contributed by atoms with Crippen LogP contribution < -0.4 is 0 Å². The summed E-state index contributed by atoms with van der Waals surface area (Å²) >= 11 is 0. The lowest BCUT2D eigenvalue weighted by atomic mass is 10.2. The van der Waals surface area contributed by atoms with Crippen molar-refractivity contribution < 1.29 is 14.8 Å². The summed E-state index contributed by atoms with van der Waals surface area (Å²) in [5, 5.41) is 28.6. The summed E-state index contributed by atoms with van der Waals surface area (Å²) < 4.78 is 2.55. The van der Waals surface area contributed by atoms with Gasteiger partial charge in [-0.05, 0) is 13.3 Å². The van der Waals surface area contributed by atoms with Crippen LogP contribution in [0.2, 0.25) is 0 Å². The number of carboxylic acids is 1. The second-order valence-electron chi connectivity index (χ2n) is 4.63. The van der Waals surface area contributed by atoms with Crippen LogP contribution in [0.1, 0.15) is 35.1 Å². The maximum absolute atomic E-state index is 11.3. The molecular formula is C12H15N5O4. The van der Waals surface area contributed by atoms with Crippen molar-refractivity contribution in [2.45, 2.75) is 26.7 Å². The fraction of sp³-hybridized carbons (Fsp3) is 0.417. The number of carboxylic acid groups (broad SMARTS) is 1. The van der Waals surface area contributed by atoms with E-state index < -0.39 is 10.9 Å². The molecule has 0 saturated heterocycles. The van der Waals surface area contributed by atoms with E-state index in [9.17, 15) is 14.9 Å². The average molecular weight is 293 g/mol.